The quantitative estimate of drug-likeness (QED) is 0.361. The Morgan fingerprint density at radius 1 is 1.37 bits per heavy atom. The molecule has 0 aliphatic heterocycles. The van der Waals surface area contributed by atoms with Crippen molar-refractivity contribution in [3.05, 3.63) is 34.6 Å². The van der Waals surface area contributed by atoms with Crippen molar-refractivity contribution in [1.29, 1.82) is 0 Å². The fourth-order valence-corrected chi connectivity index (χ4v) is 1.60. The average Bonchev–Trinajstić information content (AvgIpc) is 2.39. The fourth-order valence-electron chi connectivity index (χ4n) is 1.43. The first kappa shape index (κ1) is 15.3. The highest BCUT2D eigenvalue weighted by Crippen LogP contribution is 2.21. The van der Waals surface area contributed by atoms with E-state index in [2.05, 4.69) is 4.74 Å². The molecule has 6 heteroatoms. The van der Waals surface area contributed by atoms with Crippen LogP contribution >= 0.6 is 11.6 Å². The molecule has 0 fully saturated rings. The van der Waals surface area contributed by atoms with E-state index < -0.39 is 29.3 Å². The van der Waals surface area contributed by atoms with E-state index in [9.17, 15) is 18.8 Å². The molecule has 0 aromatic heterocycles. The maximum atomic E-state index is 13.6. The van der Waals surface area contributed by atoms with Crippen LogP contribution in [0.25, 0.3) is 0 Å². The Hall–Kier alpha value is -1.75. The van der Waals surface area contributed by atoms with Crippen molar-refractivity contribution in [2.24, 2.45) is 5.92 Å². The summed E-state index contributed by atoms with van der Waals surface area (Å²) in [5.41, 5.74) is -0.322. The molecular weight excluding hydrogens is 275 g/mol. The third-order valence-electron chi connectivity index (χ3n) is 2.48. The van der Waals surface area contributed by atoms with Gasteiger partial charge in [-0.3, -0.25) is 9.59 Å². The largest absolute Gasteiger partial charge is 0.460 e. The molecule has 0 bridgehead atoms. The van der Waals surface area contributed by atoms with E-state index in [1.165, 1.54) is 32.0 Å². The molecule has 0 heterocycles. The van der Waals surface area contributed by atoms with Crippen molar-refractivity contribution in [3.8, 4) is 0 Å². The first-order valence-corrected chi connectivity index (χ1v) is 5.97. The number of hydrogen-bond donors (Lipinski definition) is 0. The van der Waals surface area contributed by atoms with E-state index >= 15 is 0 Å². The number of ketones is 2. The maximum absolute atomic E-state index is 13.6. The molecule has 1 atom stereocenters. The number of benzene rings is 1. The second-order valence-corrected chi connectivity index (χ2v) is 4.18. The molecule has 0 saturated carbocycles. The highest BCUT2D eigenvalue weighted by molar-refractivity contribution is 6.39. The van der Waals surface area contributed by atoms with Crippen molar-refractivity contribution in [1.82, 2.24) is 0 Å². The van der Waals surface area contributed by atoms with Crippen molar-refractivity contribution < 1.29 is 23.5 Å². The van der Waals surface area contributed by atoms with Gasteiger partial charge in [-0.1, -0.05) is 17.7 Å². The Bertz CT molecular complexity index is 527. The zero-order valence-electron chi connectivity index (χ0n) is 10.4. The molecule has 0 aliphatic carbocycles. The lowest BCUT2D eigenvalue weighted by Crippen LogP contribution is -2.30. The second kappa shape index (κ2) is 6.43. The van der Waals surface area contributed by atoms with E-state index in [1.54, 1.807) is 0 Å². The Morgan fingerprint density at radius 2 is 2.00 bits per heavy atom. The third-order valence-corrected chi connectivity index (χ3v) is 2.77. The van der Waals surface area contributed by atoms with Crippen LogP contribution in [0.5, 0.6) is 0 Å². The van der Waals surface area contributed by atoms with Gasteiger partial charge in [-0.15, -0.1) is 0 Å². The molecule has 0 N–H and O–H groups in total. The smallest absolute Gasteiger partial charge is 0.375 e. The fraction of sp³-hybridized carbons (Fsp3) is 0.308. The minimum Gasteiger partial charge on any atom is -0.460 e. The molecule has 0 radical (unpaired) electrons. The molecule has 4 nitrogen and oxygen atoms in total. The van der Waals surface area contributed by atoms with Gasteiger partial charge in [0.1, 0.15) is 0 Å². The van der Waals surface area contributed by atoms with E-state index in [-0.39, 0.29) is 17.2 Å². The summed E-state index contributed by atoms with van der Waals surface area (Å²) in [4.78, 5) is 34.8. The summed E-state index contributed by atoms with van der Waals surface area (Å²) in [7, 11) is 0. The summed E-state index contributed by atoms with van der Waals surface area (Å²) < 4.78 is 18.1. The van der Waals surface area contributed by atoms with Gasteiger partial charge in [-0.25, -0.2) is 9.18 Å². The summed E-state index contributed by atoms with van der Waals surface area (Å²) in [6, 6.07) is 3.88. The number of ether oxygens (including phenoxy) is 1. The lowest BCUT2D eigenvalue weighted by Gasteiger charge is -2.09. The minimum absolute atomic E-state index is 0.0248. The summed E-state index contributed by atoms with van der Waals surface area (Å²) in [5.74, 6) is -5.14. The number of carbonyl (C=O) groups excluding carboxylic acids is 3. The molecule has 19 heavy (non-hydrogen) atoms. The molecule has 102 valence electrons. The molecule has 1 aromatic carbocycles. The van der Waals surface area contributed by atoms with E-state index in [0.29, 0.717) is 0 Å². The van der Waals surface area contributed by atoms with Gasteiger partial charge in [0.05, 0.1) is 23.1 Å². The van der Waals surface area contributed by atoms with Crippen LogP contribution in [0.4, 0.5) is 4.39 Å². The number of rotatable bonds is 5. The summed E-state index contributed by atoms with van der Waals surface area (Å²) in [6.45, 7) is 2.78. The number of Topliss-reactive ketones (excluding diaryl/α,β-unsaturated/α-hetero) is 2. The van der Waals surface area contributed by atoms with Crippen molar-refractivity contribution in [3.63, 3.8) is 0 Å². The first-order valence-electron chi connectivity index (χ1n) is 5.59. The maximum Gasteiger partial charge on any atom is 0.375 e. The molecule has 1 rings (SSSR count). The zero-order valence-corrected chi connectivity index (χ0v) is 11.2. The topological polar surface area (TPSA) is 60.4 Å². The van der Waals surface area contributed by atoms with Gasteiger partial charge in [-0.2, -0.15) is 0 Å². The van der Waals surface area contributed by atoms with E-state index in [4.69, 9.17) is 11.6 Å². The molecule has 0 amide bonds. The van der Waals surface area contributed by atoms with E-state index in [1.807, 2.05) is 0 Å². The van der Waals surface area contributed by atoms with Crippen LogP contribution in [0.15, 0.2) is 18.2 Å². The Kier molecular flexibility index (Phi) is 5.18. The van der Waals surface area contributed by atoms with Crippen LogP contribution in [-0.4, -0.2) is 24.1 Å². The second-order valence-electron chi connectivity index (χ2n) is 3.77. The molecule has 1 aromatic rings. The van der Waals surface area contributed by atoms with Gasteiger partial charge in [0.25, 0.3) is 5.78 Å². The van der Waals surface area contributed by atoms with Gasteiger partial charge in [0.15, 0.2) is 11.6 Å². The van der Waals surface area contributed by atoms with Crippen molar-refractivity contribution >= 4 is 29.1 Å². The predicted molar refractivity (Wildman–Crippen MR) is 66.5 cm³/mol. The number of carbonyl (C=O) groups is 3. The standard InChI is InChI=1S/C13H12ClFO4/c1-3-19-13(18)12(17)7(2)11(16)8-5-4-6-9(14)10(8)15/h4-7H,3H2,1-2H3. The third kappa shape index (κ3) is 3.38. The summed E-state index contributed by atoms with van der Waals surface area (Å²) in [5, 5.41) is -0.221. The number of halogens is 2. The first-order chi connectivity index (χ1) is 8.90. The molecule has 0 aliphatic rings. The van der Waals surface area contributed by atoms with Crippen LogP contribution in [0.1, 0.15) is 24.2 Å². The summed E-state index contributed by atoms with van der Waals surface area (Å²) in [6.07, 6.45) is 0. The zero-order chi connectivity index (χ0) is 14.6. The van der Waals surface area contributed by atoms with Crippen LogP contribution in [0.2, 0.25) is 5.02 Å². The number of esters is 1. The predicted octanol–water partition coefficient (Wildman–Crippen LogP) is 2.43. The highest BCUT2D eigenvalue weighted by atomic mass is 35.5. The monoisotopic (exact) mass is 286 g/mol. The van der Waals surface area contributed by atoms with Crippen LogP contribution < -0.4 is 0 Å². The van der Waals surface area contributed by atoms with Gasteiger partial charge in [0, 0.05) is 0 Å². The summed E-state index contributed by atoms with van der Waals surface area (Å²) >= 11 is 5.55. The lowest BCUT2D eigenvalue weighted by molar-refractivity contribution is -0.154. The normalized spacial score (nSPS) is 11.8. The van der Waals surface area contributed by atoms with Crippen molar-refractivity contribution in [2.75, 3.05) is 6.61 Å². The molecule has 0 saturated heterocycles. The highest BCUT2D eigenvalue weighted by Gasteiger charge is 2.30. The van der Waals surface area contributed by atoms with Crippen LogP contribution in [0, 0.1) is 11.7 Å². The molecule has 0 spiro atoms. The average molecular weight is 287 g/mol. The lowest BCUT2D eigenvalue weighted by atomic mass is 9.95. The van der Waals surface area contributed by atoms with Gasteiger partial charge in [-0.05, 0) is 26.0 Å². The van der Waals surface area contributed by atoms with E-state index in [0.717, 1.165) is 0 Å². The Labute approximate surface area is 114 Å². The van der Waals surface area contributed by atoms with Crippen molar-refractivity contribution in [2.45, 2.75) is 13.8 Å². The van der Waals surface area contributed by atoms with Gasteiger partial charge < -0.3 is 4.74 Å². The Morgan fingerprint density at radius 3 is 2.58 bits per heavy atom. The van der Waals surface area contributed by atoms with Gasteiger partial charge in [0.2, 0.25) is 0 Å². The van der Waals surface area contributed by atoms with Crippen LogP contribution in [0.3, 0.4) is 0 Å². The molecular formula is C13H12ClFO4. The molecule has 1 unspecified atom stereocenters. The SMILES string of the molecule is CCOC(=O)C(=O)C(C)C(=O)c1cccc(Cl)c1F. The minimum atomic E-state index is -1.31. The van der Waals surface area contributed by atoms with Crippen LogP contribution in [-0.2, 0) is 14.3 Å². The number of hydrogen-bond acceptors (Lipinski definition) is 4. The van der Waals surface area contributed by atoms with Gasteiger partial charge >= 0.3 is 5.97 Å². The Balaban J connectivity index is 2.97.